The van der Waals surface area contributed by atoms with Gasteiger partial charge in [0.15, 0.2) is 0 Å². The second kappa shape index (κ2) is 8.00. The summed E-state index contributed by atoms with van der Waals surface area (Å²) < 4.78 is 5.33. The first-order chi connectivity index (χ1) is 12.0. The molecule has 2 saturated heterocycles. The Balaban J connectivity index is 1.50. The number of benzene rings is 1. The maximum absolute atomic E-state index is 12.6. The van der Waals surface area contributed by atoms with Crippen molar-refractivity contribution in [2.75, 3.05) is 31.6 Å². The van der Waals surface area contributed by atoms with Gasteiger partial charge in [-0.3, -0.25) is 9.59 Å². The van der Waals surface area contributed by atoms with Gasteiger partial charge in [0, 0.05) is 43.8 Å². The molecule has 1 N–H and O–H groups in total. The molecule has 2 amide bonds. The highest BCUT2D eigenvalue weighted by molar-refractivity contribution is 5.93. The number of aryl methyl sites for hydroxylation is 2. The van der Waals surface area contributed by atoms with E-state index in [-0.39, 0.29) is 23.7 Å². The van der Waals surface area contributed by atoms with Gasteiger partial charge in [-0.1, -0.05) is 6.07 Å². The van der Waals surface area contributed by atoms with Gasteiger partial charge in [-0.15, -0.1) is 0 Å². The fourth-order valence-electron chi connectivity index (χ4n) is 3.63. The number of carbonyl (C=O) groups excluding carboxylic acids is 2. The van der Waals surface area contributed by atoms with Gasteiger partial charge in [0.25, 0.3) is 0 Å². The lowest BCUT2D eigenvalue weighted by Crippen LogP contribution is -2.45. The molecular weight excluding hydrogens is 316 g/mol. The van der Waals surface area contributed by atoms with Crippen molar-refractivity contribution in [1.29, 1.82) is 0 Å². The molecule has 5 nitrogen and oxygen atoms in total. The van der Waals surface area contributed by atoms with Gasteiger partial charge in [0.2, 0.25) is 11.8 Å². The standard InChI is InChI=1S/C20H28N2O3/c1-14-3-4-18(13-15(14)2)21-19(23)16-5-9-22(10-6-16)20(24)17-7-11-25-12-8-17/h3-4,13,16-17H,5-12H2,1-2H3,(H,21,23). The summed E-state index contributed by atoms with van der Waals surface area (Å²) in [6.07, 6.45) is 3.13. The average Bonchev–Trinajstić information content (AvgIpc) is 2.65. The molecule has 0 saturated carbocycles. The molecule has 0 unspecified atom stereocenters. The van der Waals surface area contributed by atoms with E-state index in [2.05, 4.69) is 12.2 Å². The van der Waals surface area contributed by atoms with Crippen LogP contribution in [0.25, 0.3) is 0 Å². The maximum atomic E-state index is 12.6. The van der Waals surface area contributed by atoms with Crippen molar-refractivity contribution in [3.8, 4) is 0 Å². The Bertz CT molecular complexity index is 630. The number of hydrogen-bond acceptors (Lipinski definition) is 3. The third-order valence-electron chi connectivity index (χ3n) is 5.52. The lowest BCUT2D eigenvalue weighted by atomic mass is 9.93. The second-order valence-electron chi connectivity index (χ2n) is 7.27. The zero-order valence-corrected chi connectivity index (χ0v) is 15.2. The minimum atomic E-state index is -0.0136. The fourth-order valence-corrected chi connectivity index (χ4v) is 3.63. The summed E-state index contributed by atoms with van der Waals surface area (Å²) in [5.74, 6) is 0.410. The van der Waals surface area contributed by atoms with E-state index in [0.29, 0.717) is 26.3 Å². The molecule has 0 aromatic heterocycles. The number of nitrogens with one attached hydrogen (secondary N) is 1. The zero-order chi connectivity index (χ0) is 17.8. The van der Waals surface area contributed by atoms with Crippen LogP contribution in [-0.2, 0) is 14.3 Å². The molecule has 1 aromatic rings. The van der Waals surface area contributed by atoms with Crippen LogP contribution in [0.3, 0.4) is 0 Å². The minimum Gasteiger partial charge on any atom is -0.381 e. The highest BCUT2D eigenvalue weighted by atomic mass is 16.5. The molecule has 2 aliphatic rings. The smallest absolute Gasteiger partial charge is 0.227 e. The Labute approximate surface area is 149 Å². The van der Waals surface area contributed by atoms with E-state index in [1.54, 1.807) is 0 Å². The van der Waals surface area contributed by atoms with Crippen LogP contribution in [0.2, 0.25) is 0 Å². The topological polar surface area (TPSA) is 58.6 Å². The van der Waals surface area contributed by atoms with Crippen LogP contribution in [-0.4, -0.2) is 43.0 Å². The van der Waals surface area contributed by atoms with Crippen LogP contribution in [0.4, 0.5) is 5.69 Å². The van der Waals surface area contributed by atoms with Crippen molar-refractivity contribution in [2.45, 2.75) is 39.5 Å². The summed E-state index contributed by atoms with van der Waals surface area (Å²) in [5, 5.41) is 3.03. The van der Waals surface area contributed by atoms with E-state index in [1.807, 2.05) is 30.0 Å². The fraction of sp³-hybridized carbons (Fsp3) is 0.600. The number of anilines is 1. The van der Waals surface area contributed by atoms with Gasteiger partial charge in [0.1, 0.15) is 0 Å². The molecule has 2 fully saturated rings. The third kappa shape index (κ3) is 4.40. The van der Waals surface area contributed by atoms with E-state index < -0.39 is 0 Å². The number of rotatable bonds is 3. The predicted octanol–water partition coefficient (Wildman–Crippen LogP) is 2.91. The number of carbonyl (C=O) groups is 2. The Morgan fingerprint density at radius 3 is 2.32 bits per heavy atom. The molecule has 0 spiro atoms. The van der Waals surface area contributed by atoms with Gasteiger partial charge >= 0.3 is 0 Å². The van der Waals surface area contributed by atoms with Crippen molar-refractivity contribution in [3.05, 3.63) is 29.3 Å². The molecule has 0 atom stereocenters. The highest BCUT2D eigenvalue weighted by Gasteiger charge is 2.31. The summed E-state index contributed by atoms with van der Waals surface area (Å²) in [6.45, 7) is 6.84. The van der Waals surface area contributed by atoms with Crippen molar-refractivity contribution in [1.82, 2.24) is 4.90 Å². The zero-order valence-electron chi connectivity index (χ0n) is 15.2. The molecule has 3 rings (SSSR count). The largest absolute Gasteiger partial charge is 0.381 e. The van der Waals surface area contributed by atoms with Gasteiger partial charge in [-0.05, 0) is 62.8 Å². The summed E-state index contributed by atoms with van der Waals surface area (Å²) in [7, 11) is 0. The monoisotopic (exact) mass is 344 g/mol. The van der Waals surface area contributed by atoms with Crippen LogP contribution in [0.15, 0.2) is 18.2 Å². The van der Waals surface area contributed by atoms with Crippen molar-refractivity contribution < 1.29 is 14.3 Å². The molecular formula is C20H28N2O3. The molecule has 1 aromatic carbocycles. The van der Waals surface area contributed by atoms with Crippen LogP contribution < -0.4 is 5.32 Å². The van der Waals surface area contributed by atoms with E-state index in [4.69, 9.17) is 4.74 Å². The lowest BCUT2D eigenvalue weighted by Gasteiger charge is -2.34. The summed E-state index contributed by atoms with van der Waals surface area (Å²) in [5.41, 5.74) is 3.25. The molecule has 2 heterocycles. The van der Waals surface area contributed by atoms with E-state index in [9.17, 15) is 9.59 Å². The Morgan fingerprint density at radius 1 is 1.00 bits per heavy atom. The number of likely N-dealkylation sites (tertiary alicyclic amines) is 1. The SMILES string of the molecule is Cc1ccc(NC(=O)C2CCN(C(=O)C3CCOCC3)CC2)cc1C. The first kappa shape index (κ1) is 17.9. The normalized spacial score (nSPS) is 19.7. The van der Waals surface area contributed by atoms with Crippen molar-refractivity contribution in [2.24, 2.45) is 11.8 Å². The van der Waals surface area contributed by atoms with Crippen LogP contribution in [0.5, 0.6) is 0 Å². The third-order valence-corrected chi connectivity index (χ3v) is 5.52. The minimum absolute atomic E-state index is 0.0136. The first-order valence-corrected chi connectivity index (χ1v) is 9.29. The van der Waals surface area contributed by atoms with E-state index >= 15 is 0 Å². The van der Waals surface area contributed by atoms with Gasteiger partial charge in [0.05, 0.1) is 0 Å². The van der Waals surface area contributed by atoms with Crippen LogP contribution >= 0.6 is 0 Å². The van der Waals surface area contributed by atoms with Crippen molar-refractivity contribution in [3.63, 3.8) is 0 Å². The molecule has 0 radical (unpaired) electrons. The number of nitrogens with zero attached hydrogens (tertiary/aromatic N) is 1. The summed E-state index contributed by atoms with van der Waals surface area (Å²) in [4.78, 5) is 27.0. The molecule has 25 heavy (non-hydrogen) atoms. The predicted molar refractivity (Wildman–Crippen MR) is 97.4 cm³/mol. The summed E-state index contributed by atoms with van der Waals surface area (Å²) >= 11 is 0. The molecule has 136 valence electrons. The maximum Gasteiger partial charge on any atom is 0.227 e. The van der Waals surface area contributed by atoms with Gasteiger partial charge < -0.3 is 15.0 Å². The Morgan fingerprint density at radius 2 is 1.68 bits per heavy atom. The molecule has 0 bridgehead atoms. The Kier molecular flexibility index (Phi) is 5.74. The summed E-state index contributed by atoms with van der Waals surface area (Å²) in [6, 6.07) is 5.99. The van der Waals surface area contributed by atoms with Crippen molar-refractivity contribution >= 4 is 17.5 Å². The first-order valence-electron chi connectivity index (χ1n) is 9.29. The molecule has 0 aliphatic carbocycles. The van der Waals surface area contributed by atoms with Gasteiger partial charge in [-0.2, -0.15) is 0 Å². The van der Waals surface area contributed by atoms with Gasteiger partial charge in [-0.25, -0.2) is 0 Å². The van der Waals surface area contributed by atoms with E-state index in [1.165, 1.54) is 11.1 Å². The lowest BCUT2D eigenvalue weighted by molar-refractivity contribution is -0.141. The molecule has 5 heteroatoms. The van der Waals surface area contributed by atoms with E-state index in [0.717, 1.165) is 31.4 Å². The second-order valence-corrected chi connectivity index (χ2v) is 7.27. The number of piperidine rings is 1. The quantitative estimate of drug-likeness (QED) is 0.917. The van der Waals surface area contributed by atoms with Crippen LogP contribution in [0.1, 0.15) is 36.8 Å². The average molecular weight is 344 g/mol. The van der Waals surface area contributed by atoms with Crippen LogP contribution in [0, 0.1) is 25.7 Å². The Hall–Kier alpha value is -1.88. The highest BCUT2D eigenvalue weighted by Crippen LogP contribution is 2.24. The number of hydrogen-bond donors (Lipinski definition) is 1. The number of amides is 2. The molecule has 2 aliphatic heterocycles. The number of ether oxygens (including phenoxy) is 1.